The van der Waals surface area contributed by atoms with E-state index in [0.29, 0.717) is 0 Å². The van der Waals surface area contributed by atoms with Crippen LogP contribution in [0.2, 0.25) is 0 Å². The molecule has 3 heterocycles. The fourth-order valence-corrected chi connectivity index (χ4v) is 4.25. The van der Waals surface area contributed by atoms with Crippen LogP contribution >= 0.6 is 11.3 Å². The van der Waals surface area contributed by atoms with Crippen molar-refractivity contribution in [3.05, 3.63) is 41.5 Å². The zero-order chi connectivity index (χ0) is 15.8. The Labute approximate surface area is 140 Å². The van der Waals surface area contributed by atoms with Gasteiger partial charge in [0.1, 0.15) is 17.0 Å². The summed E-state index contributed by atoms with van der Waals surface area (Å²) >= 11 is 1.76. The molecule has 3 aromatic rings. The minimum absolute atomic E-state index is 1.02. The van der Waals surface area contributed by atoms with Gasteiger partial charge in [-0.25, -0.2) is 9.97 Å². The molecule has 1 aliphatic heterocycles. The van der Waals surface area contributed by atoms with E-state index in [1.807, 2.05) is 0 Å². The fourth-order valence-electron chi connectivity index (χ4n) is 3.24. The average molecular weight is 324 g/mol. The van der Waals surface area contributed by atoms with Crippen LogP contribution in [0.25, 0.3) is 21.3 Å². The van der Waals surface area contributed by atoms with E-state index < -0.39 is 0 Å². The number of likely N-dealkylation sites (N-methyl/N-ethyl adjacent to an activating group) is 1. The molecule has 0 N–H and O–H groups in total. The molecular weight excluding hydrogens is 304 g/mol. The van der Waals surface area contributed by atoms with Crippen LogP contribution in [-0.4, -0.2) is 48.1 Å². The molecule has 0 amide bonds. The summed E-state index contributed by atoms with van der Waals surface area (Å²) in [7, 11) is 2.18. The van der Waals surface area contributed by atoms with Crippen LogP contribution in [0.5, 0.6) is 0 Å². The number of fused-ring (bicyclic) bond motifs is 1. The molecule has 118 valence electrons. The summed E-state index contributed by atoms with van der Waals surface area (Å²) in [5, 5.41) is 1.21. The number of hydrogen-bond donors (Lipinski definition) is 0. The first kappa shape index (κ1) is 14.6. The zero-order valence-corrected chi connectivity index (χ0v) is 14.3. The maximum absolute atomic E-state index is 4.66. The highest BCUT2D eigenvalue weighted by molar-refractivity contribution is 7.19. The Morgan fingerprint density at radius 3 is 2.48 bits per heavy atom. The molecule has 2 aromatic heterocycles. The van der Waals surface area contributed by atoms with Gasteiger partial charge in [0.2, 0.25) is 0 Å². The number of aryl methyl sites for hydroxylation is 1. The Hall–Kier alpha value is -1.98. The number of piperazine rings is 1. The fraction of sp³-hybridized carbons (Fsp3) is 0.333. The summed E-state index contributed by atoms with van der Waals surface area (Å²) in [4.78, 5) is 16.4. The van der Waals surface area contributed by atoms with E-state index in [2.05, 4.69) is 64.1 Å². The normalized spacial score (nSPS) is 16.2. The van der Waals surface area contributed by atoms with E-state index in [0.717, 1.165) is 36.8 Å². The lowest BCUT2D eigenvalue weighted by Crippen LogP contribution is -2.44. The Kier molecular flexibility index (Phi) is 3.75. The molecule has 1 aromatic carbocycles. The van der Waals surface area contributed by atoms with Gasteiger partial charge < -0.3 is 9.80 Å². The van der Waals surface area contributed by atoms with Crippen LogP contribution in [-0.2, 0) is 0 Å². The maximum Gasteiger partial charge on any atom is 0.141 e. The molecule has 0 atom stereocenters. The van der Waals surface area contributed by atoms with Crippen molar-refractivity contribution >= 4 is 27.4 Å². The molecular formula is C18H20N4S. The van der Waals surface area contributed by atoms with E-state index in [-0.39, 0.29) is 0 Å². The van der Waals surface area contributed by atoms with E-state index in [1.54, 1.807) is 17.7 Å². The van der Waals surface area contributed by atoms with Crippen molar-refractivity contribution in [3.8, 4) is 11.1 Å². The third-order valence-corrected chi connectivity index (χ3v) is 5.52. The Bertz CT molecular complexity index is 820. The monoisotopic (exact) mass is 324 g/mol. The van der Waals surface area contributed by atoms with E-state index >= 15 is 0 Å². The molecule has 0 aliphatic carbocycles. The molecule has 0 saturated carbocycles. The molecule has 1 aliphatic rings. The van der Waals surface area contributed by atoms with Crippen LogP contribution in [0.3, 0.4) is 0 Å². The van der Waals surface area contributed by atoms with Gasteiger partial charge in [0.15, 0.2) is 0 Å². The summed E-state index contributed by atoms with van der Waals surface area (Å²) in [6.07, 6.45) is 1.71. The van der Waals surface area contributed by atoms with E-state index in [4.69, 9.17) is 0 Å². The van der Waals surface area contributed by atoms with Crippen LogP contribution < -0.4 is 4.90 Å². The molecule has 1 saturated heterocycles. The molecule has 0 bridgehead atoms. The largest absolute Gasteiger partial charge is 0.353 e. The lowest BCUT2D eigenvalue weighted by molar-refractivity contribution is 0.312. The third kappa shape index (κ3) is 2.60. The van der Waals surface area contributed by atoms with Crippen molar-refractivity contribution in [2.45, 2.75) is 6.92 Å². The van der Waals surface area contributed by atoms with Crippen LogP contribution in [0.1, 0.15) is 4.88 Å². The van der Waals surface area contributed by atoms with Gasteiger partial charge in [-0.3, -0.25) is 0 Å². The predicted molar refractivity (Wildman–Crippen MR) is 97.3 cm³/mol. The number of thiophene rings is 1. The number of hydrogen-bond acceptors (Lipinski definition) is 5. The summed E-state index contributed by atoms with van der Waals surface area (Å²) in [5.41, 5.74) is 2.54. The van der Waals surface area contributed by atoms with Crippen molar-refractivity contribution in [2.24, 2.45) is 0 Å². The standard InChI is InChI=1S/C18H20N4S/c1-13-15(14-6-4-3-5-7-14)16-17(19-12-20-18(16)23-13)22-10-8-21(2)9-11-22/h3-7,12H,8-11H2,1-2H3. The topological polar surface area (TPSA) is 32.3 Å². The summed E-state index contributed by atoms with van der Waals surface area (Å²) in [6.45, 7) is 6.38. The number of benzene rings is 1. The van der Waals surface area contributed by atoms with Crippen molar-refractivity contribution in [2.75, 3.05) is 38.1 Å². The highest BCUT2D eigenvalue weighted by Crippen LogP contribution is 2.41. The predicted octanol–water partition coefficient (Wildman–Crippen LogP) is 3.42. The number of aromatic nitrogens is 2. The van der Waals surface area contributed by atoms with Crippen molar-refractivity contribution < 1.29 is 0 Å². The second kappa shape index (κ2) is 5.91. The average Bonchev–Trinajstić information content (AvgIpc) is 2.92. The maximum atomic E-state index is 4.66. The van der Waals surface area contributed by atoms with Gasteiger partial charge in [0.05, 0.1) is 5.39 Å². The molecule has 23 heavy (non-hydrogen) atoms. The molecule has 0 radical (unpaired) electrons. The highest BCUT2D eigenvalue weighted by Gasteiger charge is 2.22. The third-order valence-electron chi connectivity index (χ3n) is 4.51. The minimum atomic E-state index is 1.02. The van der Waals surface area contributed by atoms with Crippen molar-refractivity contribution in [1.29, 1.82) is 0 Å². The summed E-state index contributed by atoms with van der Waals surface area (Å²) in [5.74, 6) is 1.09. The lowest BCUT2D eigenvalue weighted by Gasteiger charge is -2.33. The lowest BCUT2D eigenvalue weighted by atomic mass is 10.0. The Morgan fingerprint density at radius 2 is 1.74 bits per heavy atom. The molecule has 1 fully saturated rings. The van der Waals surface area contributed by atoms with Gasteiger partial charge >= 0.3 is 0 Å². The van der Waals surface area contributed by atoms with Crippen LogP contribution in [0.15, 0.2) is 36.7 Å². The first-order chi connectivity index (χ1) is 11.2. The van der Waals surface area contributed by atoms with Gasteiger partial charge in [0.25, 0.3) is 0 Å². The first-order valence-electron chi connectivity index (χ1n) is 7.97. The molecule has 0 unspecified atom stereocenters. The molecule has 5 heteroatoms. The number of rotatable bonds is 2. The van der Waals surface area contributed by atoms with E-state index in [1.165, 1.54) is 21.4 Å². The summed E-state index contributed by atoms with van der Waals surface area (Å²) in [6, 6.07) is 10.6. The molecule has 4 nitrogen and oxygen atoms in total. The quantitative estimate of drug-likeness (QED) is 0.723. The van der Waals surface area contributed by atoms with Crippen LogP contribution in [0, 0.1) is 6.92 Å². The second-order valence-corrected chi connectivity index (χ2v) is 7.27. The molecule has 0 spiro atoms. The van der Waals surface area contributed by atoms with Gasteiger partial charge in [-0.05, 0) is 19.5 Å². The van der Waals surface area contributed by atoms with Gasteiger partial charge in [-0.2, -0.15) is 0 Å². The van der Waals surface area contributed by atoms with Crippen LogP contribution in [0.4, 0.5) is 5.82 Å². The first-order valence-corrected chi connectivity index (χ1v) is 8.78. The SMILES string of the molecule is Cc1sc2ncnc(N3CCN(C)CC3)c2c1-c1ccccc1. The highest BCUT2D eigenvalue weighted by atomic mass is 32.1. The molecule has 4 rings (SSSR count). The van der Waals surface area contributed by atoms with Gasteiger partial charge in [-0.1, -0.05) is 30.3 Å². The van der Waals surface area contributed by atoms with Gasteiger partial charge in [-0.15, -0.1) is 11.3 Å². The zero-order valence-electron chi connectivity index (χ0n) is 13.5. The summed E-state index contributed by atoms with van der Waals surface area (Å²) < 4.78 is 0. The number of anilines is 1. The Balaban J connectivity index is 1.89. The van der Waals surface area contributed by atoms with Crippen molar-refractivity contribution in [1.82, 2.24) is 14.9 Å². The second-order valence-electron chi connectivity index (χ2n) is 6.07. The minimum Gasteiger partial charge on any atom is -0.353 e. The van der Waals surface area contributed by atoms with E-state index in [9.17, 15) is 0 Å². The van der Waals surface area contributed by atoms with Crippen molar-refractivity contribution in [3.63, 3.8) is 0 Å². The Morgan fingerprint density at radius 1 is 1.00 bits per heavy atom. The van der Waals surface area contributed by atoms with Gasteiger partial charge in [0, 0.05) is 36.6 Å². The number of nitrogens with zero attached hydrogens (tertiary/aromatic N) is 4. The smallest absolute Gasteiger partial charge is 0.141 e.